The largest absolute Gasteiger partial charge is 0.418 e. The van der Waals surface area contributed by atoms with Crippen LogP contribution in [0.15, 0.2) is 41.5 Å². The van der Waals surface area contributed by atoms with Crippen molar-refractivity contribution in [3.8, 4) is 11.4 Å². The zero-order valence-corrected chi connectivity index (χ0v) is 16.9. The number of hydrogen-bond acceptors (Lipinski definition) is 4. The van der Waals surface area contributed by atoms with Crippen LogP contribution in [0.3, 0.4) is 0 Å². The van der Waals surface area contributed by atoms with E-state index in [9.17, 15) is 26.7 Å². The van der Waals surface area contributed by atoms with E-state index >= 15 is 0 Å². The summed E-state index contributed by atoms with van der Waals surface area (Å²) >= 11 is 0. The molecule has 0 atom stereocenters. The average Bonchev–Trinajstić information content (AvgIpc) is 3.26. The van der Waals surface area contributed by atoms with Gasteiger partial charge in [0.15, 0.2) is 0 Å². The Balaban J connectivity index is 1.85. The van der Waals surface area contributed by atoms with Crippen LogP contribution in [0.1, 0.15) is 61.4 Å². The first kappa shape index (κ1) is 22.1. The van der Waals surface area contributed by atoms with Gasteiger partial charge in [0.25, 0.3) is 5.56 Å². The van der Waals surface area contributed by atoms with Crippen molar-refractivity contribution in [1.82, 2.24) is 24.5 Å². The zero-order chi connectivity index (χ0) is 22.9. The van der Waals surface area contributed by atoms with Crippen LogP contribution in [0, 0.1) is 0 Å². The van der Waals surface area contributed by atoms with Gasteiger partial charge >= 0.3 is 12.7 Å². The topological polar surface area (TPSA) is 65.6 Å². The first-order chi connectivity index (χ1) is 15.3. The monoisotopic (exact) mass is 453 g/mol. The van der Waals surface area contributed by atoms with Crippen molar-refractivity contribution >= 4 is 0 Å². The number of nitrogens with zero attached hydrogens (tertiary/aromatic N) is 5. The summed E-state index contributed by atoms with van der Waals surface area (Å²) in [6, 6.07) is 4.84. The molecule has 0 aromatic carbocycles. The molecular weight excluding hydrogens is 433 g/mol. The van der Waals surface area contributed by atoms with Crippen LogP contribution >= 0.6 is 0 Å². The van der Waals surface area contributed by atoms with Crippen molar-refractivity contribution in [1.29, 1.82) is 0 Å². The minimum absolute atomic E-state index is 0.0251. The summed E-state index contributed by atoms with van der Waals surface area (Å²) in [5.74, 6) is -0.113. The number of pyridine rings is 1. The third-order valence-corrected chi connectivity index (χ3v) is 5.66. The van der Waals surface area contributed by atoms with Crippen molar-refractivity contribution in [3.63, 3.8) is 0 Å². The Morgan fingerprint density at radius 3 is 2.53 bits per heavy atom. The summed E-state index contributed by atoms with van der Waals surface area (Å²) in [4.78, 5) is 17.0. The molecule has 0 spiro atoms. The summed E-state index contributed by atoms with van der Waals surface area (Å²) < 4.78 is 68.4. The molecule has 1 saturated carbocycles. The van der Waals surface area contributed by atoms with Crippen LogP contribution in [0.2, 0.25) is 0 Å². The quantitative estimate of drug-likeness (QED) is 0.510. The minimum Gasteiger partial charge on any atom is -0.267 e. The summed E-state index contributed by atoms with van der Waals surface area (Å²) in [7, 11) is 0. The van der Waals surface area contributed by atoms with Crippen LogP contribution in [-0.2, 0) is 12.7 Å². The Hall–Kier alpha value is -3.11. The molecule has 1 aliphatic carbocycles. The highest BCUT2D eigenvalue weighted by atomic mass is 19.4. The Kier molecular flexibility index (Phi) is 6.07. The van der Waals surface area contributed by atoms with E-state index in [0.29, 0.717) is 10.2 Å². The molecule has 0 amide bonds. The van der Waals surface area contributed by atoms with Gasteiger partial charge in [-0.05, 0) is 43.0 Å². The lowest BCUT2D eigenvalue weighted by Gasteiger charge is -2.22. The molecule has 0 unspecified atom stereocenters. The Labute approximate surface area is 179 Å². The smallest absolute Gasteiger partial charge is 0.267 e. The van der Waals surface area contributed by atoms with Gasteiger partial charge in [0.1, 0.15) is 5.69 Å². The van der Waals surface area contributed by atoms with Crippen molar-refractivity contribution < 1.29 is 22.0 Å². The number of aromatic nitrogens is 5. The fraction of sp³-hybridized carbons (Fsp3) is 0.429. The highest BCUT2D eigenvalue weighted by molar-refractivity contribution is 5.54. The lowest BCUT2D eigenvalue weighted by molar-refractivity contribution is -0.138. The Bertz CT molecular complexity index is 1150. The molecule has 1 fully saturated rings. The van der Waals surface area contributed by atoms with Crippen LogP contribution in [0.4, 0.5) is 22.0 Å². The van der Waals surface area contributed by atoms with E-state index in [2.05, 4.69) is 15.2 Å². The fourth-order valence-corrected chi connectivity index (χ4v) is 4.14. The van der Waals surface area contributed by atoms with Crippen LogP contribution in [-0.4, -0.2) is 24.5 Å². The predicted molar refractivity (Wildman–Crippen MR) is 105 cm³/mol. The maximum Gasteiger partial charge on any atom is 0.418 e. The van der Waals surface area contributed by atoms with Gasteiger partial charge in [-0.3, -0.25) is 9.78 Å². The van der Waals surface area contributed by atoms with Crippen LogP contribution in [0.5, 0.6) is 0 Å². The van der Waals surface area contributed by atoms with E-state index in [1.807, 2.05) is 0 Å². The first-order valence-corrected chi connectivity index (χ1v) is 10.2. The SMILES string of the molecule is O=c1c(C2CCCCC2)cc(-c2ccnn2C(F)F)nn1Cc1ncccc1C(F)(F)F. The molecule has 11 heteroatoms. The van der Waals surface area contributed by atoms with Gasteiger partial charge in [0.2, 0.25) is 0 Å². The molecule has 0 radical (unpaired) electrons. The molecule has 0 bridgehead atoms. The van der Waals surface area contributed by atoms with Gasteiger partial charge in [-0.15, -0.1) is 0 Å². The maximum absolute atomic E-state index is 13.4. The average molecular weight is 453 g/mol. The molecule has 0 N–H and O–H groups in total. The second-order valence-electron chi connectivity index (χ2n) is 7.72. The molecule has 1 aliphatic rings. The molecule has 4 rings (SSSR count). The van der Waals surface area contributed by atoms with Crippen molar-refractivity contribution in [3.05, 3.63) is 63.8 Å². The standard InChI is InChI=1S/C21H20F5N5O/c22-20(23)31-18(8-10-28-31)16-11-14(13-5-2-1-3-6-13)19(32)30(29-16)12-17-15(21(24,25)26)7-4-9-27-17/h4,7-11,13,20H,1-3,5-6,12H2. The molecule has 3 heterocycles. The van der Waals surface area contributed by atoms with Crippen molar-refractivity contribution in [2.24, 2.45) is 0 Å². The van der Waals surface area contributed by atoms with Crippen molar-refractivity contribution in [2.45, 2.75) is 57.3 Å². The number of halogens is 5. The Morgan fingerprint density at radius 2 is 1.84 bits per heavy atom. The van der Waals surface area contributed by atoms with Gasteiger partial charge < -0.3 is 0 Å². The number of rotatable bonds is 5. The second-order valence-corrected chi connectivity index (χ2v) is 7.72. The predicted octanol–water partition coefficient (Wildman–Crippen LogP) is 5.01. The molecule has 3 aromatic heterocycles. The van der Waals surface area contributed by atoms with Crippen LogP contribution in [0.25, 0.3) is 11.4 Å². The lowest BCUT2D eigenvalue weighted by Crippen LogP contribution is -2.30. The second kappa shape index (κ2) is 8.79. The Morgan fingerprint density at radius 1 is 1.09 bits per heavy atom. The lowest BCUT2D eigenvalue weighted by atomic mass is 9.84. The summed E-state index contributed by atoms with van der Waals surface area (Å²) in [5.41, 5.74) is -1.50. The highest BCUT2D eigenvalue weighted by Crippen LogP contribution is 2.34. The first-order valence-electron chi connectivity index (χ1n) is 10.2. The van der Waals surface area contributed by atoms with E-state index in [1.54, 1.807) is 0 Å². The maximum atomic E-state index is 13.4. The fourth-order valence-electron chi connectivity index (χ4n) is 4.14. The van der Waals surface area contributed by atoms with E-state index < -0.39 is 30.4 Å². The third kappa shape index (κ3) is 4.42. The summed E-state index contributed by atoms with van der Waals surface area (Å²) in [6.45, 7) is -3.47. The zero-order valence-electron chi connectivity index (χ0n) is 16.9. The van der Waals surface area contributed by atoms with E-state index in [0.717, 1.165) is 48.9 Å². The van der Waals surface area contributed by atoms with Crippen LogP contribution < -0.4 is 5.56 Å². The molecule has 3 aromatic rings. The molecule has 0 saturated heterocycles. The minimum atomic E-state index is -4.66. The number of hydrogen-bond donors (Lipinski definition) is 0. The van der Waals surface area contributed by atoms with Crippen molar-refractivity contribution in [2.75, 3.05) is 0 Å². The van der Waals surface area contributed by atoms with Gasteiger partial charge in [0, 0.05) is 18.0 Å². The molecule has 32 heavy (non-hydrogen) atoms. The molecule has 6 nitrogen and oxygen atoms in total. The number of alkyl halides is 5. The van der Waals surface area contributed by atoms with E-state index in [-0.39, 0.29) is 23.0 Å². The molecule has 0 aliphatic heterocycles. The summed E-state index contributed by atoms with van der Waals surface area (Å²) in [5, 5.41) is 7.73. The summed E-state index contributed by atoms with van der Waals surface area (Å²) in [6.07, 6.45) is 2.06. The van der Waals surface area contributed by atoms with Gasteiger partial charge in [-0.25, -0.2) is 9.36 Å². The highest BCUT2D eigenvalue weighted by Gasteiger charge is 2.34. The van der Waals surface area contributed by atoms with Gasteiger partial charge in [-0.2, -0.15) is 32.1 Å². The van der Waals surface area contributed by atoms with E-state index in [4.69, 9.17) is 0 Å². The normalized spacial score (nSPS) is 15.4. The third-order valence-electron chi connectivity index (χ3n) is 5.66. The molecular formula is C21H20F5N5O. The van der Waals surface area contributed by atoms with Gasteiger partial charge in [-0.1, -0.05) is 19.3 Å². The van der Waals surface area contributed by atoms with E-state index in [1.165, 1.54) is 24.5 Å². The van der Waals surface area contributed by atoms with Gasteiger partial charge in [0.05, 0.1) is 23.5 Å². The molecule has 170 valence electrons.